The minimum atomic E-state index is -1.48. The highest BCUT2D eigenvalue weighted by atomic mass is 79.9. The summed E-state index contributed by atoms with van der Waals surface area (Å²) in [6.45, 7) is 5.95. The fraction of sp³-hybridized carbons (Fsp3) is 0.385. The fourth-order valence-corrected chi connectivity index (χ4v) is 4.55. The summed E-state index contributed by atoms with van der Waals surface area (Å²) in [6, 6.07) is 15.1. The van der Waals surface area contributed by atoms with Gasteiger partial charge in [0.05, 0.1) is 16.3 Å². The Morgan fingerprint density at radius 3 is 2.19 bits per heavy atom. The number of nitrogens with one attached hydrogen (secondary N) is 4. The predicted octanol–water partition coefficient (Wildman–Crippen LogP) is 2.94. The summed E-state index contributed by atoms with van der Waals surface area (Å²) in [6.07, 6.45) is 0.463. The quantitative estimate of drug-likeness (QED) is 0.231. The molecule has 10 heteroatoms. The number of urea groups is 1. The van der Waals surface area contributed by atoms with Crippen LogP contribution in [-0.4, -0.2) is 45.1 Å². The summed E-state index contributed by atoms with van der Waals surface area (Å²) in [7, 11) is 3.46. The molecule has 0 aromatic heterocycles. The maximum Gasteiger partial charge on any atom is 0.315 e. The third-order valence-corrected chi connectivity index (χ3v) is 6.71. The van der Waals surface area contributed by atoms with Gasteiger partial charge in [-0.05, 0) is 36.0 Å². The van der Waals surface area contributed by atoms with E-state index < -0.39 is 34.8 Å². The SMILES string of the molecule is CCC(NC(=O)[C@@]([Si])(CC(C)C)NC(=O)NCc1ccccc1)C(=O)C(=O)NCc1ccccc1Br. The zero-order valence-electron chi connectivity index (χ0n) is 20.7. The van der Waals surface area contributed by atoms with E-state index in [1.54, 1.807) is 6.92 Å². The standard InChI is InChI=1S/C26H32BrN4O4Si/c1-4-21(22(32)23(33)28-16-19-12-8-9-13-20(19)27)30-24(34)26(36,14-17(2)3)31-25(35)29-15-18-10-6-5-7-11-18/h5-13,17,21H,4,14-16H2,1-3H3,(H,28,33)(H,30,34)(H2,29,31,35)/t21?,26-/m0/s1. The van der Waals surface area contributed by atoms with Gasteiger partial charge in [0.1, 0.15) is 5.16 Å². The van der Waals surface area contributed by atoms with E-state index in [1.807, 2.05) is 68.4 Å². The molecule has 0 aliphatic rings. The van der Waals surface area contributed by atoms with Crippen molar-refractivity contribution in [2.24, 2.45) is 5.92 Å². The summed E-state index contributed by atoms with van der Waals surface area (Å²) >= 11 is 3.41. The van der Waals surface area contributed by atoms with Crippen LogP contribution in [0.4, 0.5) is 4.79 Å². The largest absolute Gasteiger partial charge is 0.345 e. The van der Waals surface area contributed by atoms with Gasteiger partial charge in [0.15, 0.2) is 0 Å². The molecule has 2 aromatic carbocycles. The van der Waals surface area contributed by atoms with Crippen LogP contribution in [0.2, 0.25) is 0 Å². The Morgan fingerprint density at radius 2 is 1.58 bits per heavy atom. The van der Waals surface area contributed by atoms with Crippen LogP contribution in [-0.2, 0) is 27.5 Å². The number of carbonyl (C=O) groups excluding carboxylic acids is 4. The van der Waals surface area contributed by atoms with Gasteiger partial charge in [-0.3, -0.25) is 14.4 Å². The molecular weight excluding hydrogens is 540 g/mol. The van der Waals surface area contributed by atoms with Crippen LogP contribution >= 0.6 is 15.9 Å². The summed E-state index contributed by atoms with van der Waals surface area (Å²) in [5.74, 6) is -2.13. The van der Waals surface area contributed by atoms with Gasteiger partial charge >= 0.3 is 6.03 Å². The van der Waals surface area contributed by atoms with Crippen LogP contribution in [0.25, 0.3) is 0 Å². The van der Waals surface area contributed by atoms with E-state index in [9.17, 15) is 19.2 Å². The Balaban J connectivity index is 2.02. The third kappa shape index (κ3) is 8.91. The second-order valence-electron chi connectivity index (χ2n) is 8.87. The number of hydrogen-bond donors (Lipinski definition) is 4. The number of amides is 4. The van der Waals surface area contributed by atoms with Crippen molar-refractivity contribution in [1.29, 1.82) is 0 Å². The zero-order chi connectivity index (χ0) is 26.7. The summed E-state index contributed by atoms with van der Waals surface area (Å²) in [5.41, 5.74) is 1.73. The average Bonchev–Trinajstić information content (AvgIpc) is 2.84. The Hall–Kier alpha value is -2.98. The minimum absolute atomic E-state index is 0.0334. The van der Waals surface area contributed by atoms with E-state index in [0.29, 0.717) is 0 Å². The first-order valence-corrected chi connectivity index (χ1v) is 13.1. The highest BCUT2D eigenvalue weighted by Crippen LogP contribution is 2.16. The number of rotatable bonds is 12. The van der Waals surface area contributed by atoms with Crippen LogP contribution in [0, 0.1) is 5.92 Å². The van der Waals surface area contributed by atoms with E-state index in [4.69, 9.17) is 0 Å². The monoisotopic (exact) mass is 571 g/mol. The van der Waals surface area contributed by atoms with Crippen molar-refractivity contribution in [1.82, 2.24) is 21.3 Å². The normalized spacial score (nSPS) is 13.3. The van der Waals surface area contributed by atoms with E-state index in [-0.39, 0.29) is 31.8 Å². The lowest BCUT2D eigenvalue weighted by Gasteiger charge is -2.32. The molecule has 0 aliphatic carbocycles. The number of halogens is 1. The van der Waals surface area contributed by atoms with E-state index in [2.05, 4.69) is 47.4 Å². The second-order valence-corrected chi connectivity index (χ2v) is 10.6. The van der Waals surface area contributed by atoms with E-state index in [0.717, 1.165) is 15.6 Å². The number of Topliss-reactive ketones (excluding diaryl/α,β-unsaturated/α-hetero) is 1. The van der Waals surface area contributed by atoms with Crippen LogP contribution in [0.5, 0.6) is 0 Å². The van der Waals surface area contributed by atoms with Gasteiger partial charge < -0.3 is 21.3 Å². The predicted molar refractivity (Wildman–Crippen MR) is 143 cm³/mol. The van der Waals surface area contributed by atoms with Crippen molar-refractivity contribution in [2.45, 2.75) is 57.9 Å². The maximum absolute atomic E-state index is 13.2. The lowest BCUT2D eigenvalue weighted by molar-refractivity contribution is -0.140. The smallest absolute Gasteiger partial charge is 0.315 e. The van der Waals surface area contributed by atoms with Gasteiger partial charge in [0.25, 0.3) is 5.91 Å². The molecule has 4 N–H and O–H groups in total. The van der Waals surface area contributed by atoms with Crippen molar-refractivity contribution < 1.29 is 19.2 Å². The molecule has 0 bridgehead atoms. The molecule has 2 aromatic rings. The molecular formula is C26H32BrN4O4Si. The van der Waals surface area contributed by atoms with Crippen molar-refractivity contribution in [3.63, 3.8) is 0 Å². The molecule has 36 heavy (non-hydrogen) atoms. The number of carbonyl (C=O) groups is 4. The van der Waals surface area contributed by atoms with Gasteiger partial charge in [0.2, 0.25) is 11.7 Å². The Labute approximate surface area is 223 Å². The lowest BCUT2D eigenvalue weighted by atomic mass is 10.0. The molecule has 0 saturated carbocycles. The van der Waals surface area contributed by atoms with Crippen molar-refractivity contribution in [3.8, 4) is 0 Å². The van der Waals surface area contributed by atoms with Gasteiger partial charge in [-0.15, -0.1) is 0 Å². The lowest BCUT2D eigenvalue weighted by Crippen LogP contribution is -2.64. The van der Waals surface area contributed by atoms with E-state index >= 15 is 0 Å². The topological polar surface area (TPSA) is 116 Å². The number of ketones is 1. The highest BCUT2D eigenvalue weighted by molar-refractivity contribution is 9.10. The Kier molecular flexibility index (Phi) is 11.3. The van der Waals surface area contributed by atoms with Crippen molar-refractivity contribution >= 4 is 49.8 Å². The maximum atomic E-state index is 13.2. The van der Waals surface area contributed by atoms with Crippen LogP contribution in [0.1, 0.15) is 44.7 Å². The third-order valence-electron chi connectivity index (χ3n) is 5.38. The van der Waals surface area contributed by atoms with Gasteiger partial charge in [-0.2, -0.15) is 0 Å². The fourth-order valence-electron chi connectivity index (χ4n) is 3.53. The summed E-state index contributed by atoms with van der Waals surface area (Å²) in [4.78, 5) is 51.1. The van der Waals surface area contributed by atoms with Gasteiger partial charge in [-0.25, -0.2) is 4.79 Å². The average molecular weight is 573 g/mol. The van der Waals surface area contributed by atoms with Crippen molar-refractivity contribution in [2.75, 3.05) is 0 Å². The molecule has 0 spiro atoms. The first kappa shape index (κ1) is 29.2. The van der Waals surface area contributed by atoms with Crippen LogP contribution < -0.4 is 21.3 Å². The van der Waals surface area contributed by atoms with Crippen LogP contribution in [0.3, 0.4) is 0 Å². The molecule has 0 heterocycles. The second kappa shape index (κ2) is 13.9. The molecule has 1 unspecified atom stereocenters. The number of benzene rings is 2. The molecule has 0 saturated heterocycles. The molecule has 4 amide bonds. The van der Waals surface area contributed by atoms with Gasteiger partial charge in [0, 0.05) is 17.6 Å². The zero-order valence-corrected chi connectivity index (χ0v) is 23.3. The Bertz CT molecular complexity index is 1070. The highest BCUT2D eigenvalue weighted by Gasteiger charge is 2.38. The molecule has 0 aliphatic heterocycles. The Morgan fingerprint density at radius 1 is 0.944 bits per heavy atom. The molecule has 2 atom stereocenters. The molecule has 0 fully saturated rings. The van der Waals surface area contributed by atoms with Crippen molar-refractivity contribution in [3.05, 3.63) is 70.2 Å². The minimum Gasteiger partial charge on any atom is -0.345 e. The molecule has 8 nitrogen and oxygen atoms in total. The first-order chi connectivity index (χ1) is 17.1. The summed E-state index contributed by atoms with van der Waals surface area (Å²) in [5, 5.41) is 9.17. The van der Waals surface area contributed by atoms with Gasteiger partial charge in [-0.1, -0.05) is 85.2 Å². The first-order valence-electron chi connectivity index (χ1n) is 11.8. The number of hydrogen-bond acceptors (Lipinski definition) is 4. The summed E-state index contributed by atoms with van der Waals surface area (Å²) < 4.78 is 0.812. The molecule has 191 valence electrons. The molecule has 2 rings (SSSR count). The van der Waals surface area contributed by atoms with Crippen LogP contribution in [0.15, 0.2) is 59.1 Å². The molecule has 3 radical (unpaired) electrons. The van der Waals surface area contributed by atoms with E-state index in [1.165, 1.54) is 0 Å².